The van der Waals surface area contributed by atoms with Gasteiger partial charge in [-0.15, -0.1) is 0 Å². The van der Waals surface area contributed by atoms with E-state index in [-0.39, 0.29) is 0 Å². The monoisotopic (exact) mass is 433 g/mol. The molecule has 1 atom stereocenters. The standard InChI is InChI=1S/C23H35N3O3S/c1-4-6-9-19(5-2)17-29-23-20-10-7-11-21(22(20)18(3)16-25-23)30(27,28)26-14-8-12-24-13-15-26/h7,10-11,16,19,24H,4-6,8-9,12-15,17H2,1-3H3. The van der Waals surface area contributed by atoms with Gasteiger partial charge in [0, 0.05) is 36.6 Å². The Balaban J connectivity index is 1.95. The molecule has 0 amide bonds. The van der Waals surface area contributed by atoms with Crippen LogP contribution < -0.4 is 10.1 Å². The lowest BCUT2D eigenvalue weighted by molar-refractivity contribution is 0.228. The second-order valence-electron chi connectivity index (χ2n) is 8.16. The lowest BCUT2D eigenvalue weighted by Gasteiger charge is -2.22. The van der Waals surface area contributed by atoms with Crippen molar-refractivity contribution in [2.24, 2.45) is 5.92 Å². The zero-order valence-electron chi connectivity index (χ0n) is 18.5. The van der Waals surface area contributed by atoms with Gasteiger partial charge in [-0.1, -0.05) is 39.2 Å². The van der Waals surface area contributed by atoms with Crippen molar-refractivity contribution in [3.05, 3.63) is 30.0 Å². The Morgan fingerprint density at radius 2 is 2.07 bits per heavy atom. The Morgan fingerprint density at radius 3 is 2.83 bits per heavy atom. The first kappa shape index (κ1) is 23.0. The first-order chi connectivity index (χ1) is 14.5. The third kappa shape index (κ3) is 5.13. The van der Waals surface area contributed by atoms with Gasteiger partial charge in [-0.2, -0.15) is 4.31 Å². The van der Waals surface area contributed by atoms with Gasteiger partial charge in [-0.25, -0.2) is 13.4 Å². The number of hydrogen-bond donors (Lipinski definition) is 1. The molecule has 1 fully saturated rings. The van der Waals surface area contributed by atoms with E-state index in [2.05, 4.69) is 24.1 Å². The fourth-order valence-electron chi connectivity index (χ4n) is 4.03. The maximum absolute atomic E-state index is 13.5. The molecule has 7 heteroatoms. The van der Waals surface area contributed by atoms with Gasteiger partial charge in [0.25, 0.3) is 0 Å². The molecule has 2 heterocycles. The van der Waals surface area contributed by atoms with Gasteiger partial charge in [0.05, 0.1) is 11.5 Å². The van der Waals surface area contributed by atoms with E-state index in [4.69, 9.17) is 4.74 Å². The quantitative estimate of drug-likeness (QED) is 0.644. The van der Waals surface area contributed by atoms with Gasteiger partial charge in [-0.3, -0.25) is 0 Å². The molecule has 6 nitrogen and oxygen atoms in total. The number of nitrogens with one attached hydrogen (secondary N) is 1. The van der Waals surface area contributed by atoms with Crippen molar-refractivity contribution >= 4 is 20.8 Å². The van der Waals surface area contributed by atoms with Crippen LogP contribution in [0.25, 0.3) is 10.8 Å². The van der Waals surface area contributed by atoms with Crippen LogP contribution in [0.5, 0.6) is 5.88 Å². The molecule has 2 aromatic rings. The second kappa shape index (κ2) is 10.6. The molecular formula is C23H35N3O3S. The predicted octanol–water partition coefficient (Wildman–Crippen LogP) is 4.12. The van der Waals surface area contributed by atoms with Crippen molar-refractivity contribution in [3.63, 3.8) is 0 Å². The van der Waals surface area contributed by atoms with Crippen molar-refractivity contribution in [1.29, 1.82) is 0 Å². The maximum atomic E-state index is 13.5. The summed E-state index contributed by atoms with van der Waals surface area (Å²) in [6, 6.07) is 5.43. The van der Waals surface area contributed by atoms with Gasteiger partial charge in [-0.05, 0) is 49.9 Å². The smallest absolute Gasteiger partial charge is 0.243 e. The van der Waals surface area contributed by atoms with E-state index in [1.165, 1.54) is 12.8 Å². The Morgan fingerprint density at radius 1 is 1.23 bits per heavy atom. The van der Waals surface area contributed by atoms with Crippen LogP contribution in [0.15, 0.2) is 29.3 Å². The van der Waals surface area contributed by atoms with Crippen LogP contribution >= 0.6 is 0 Å². The highest BCUT2D eigenvalue weighted by Gasteiger charge is 2.28. The Bertz CT molecular complexity index is 938. The summed E-state index contributed by atoms with van der Waals surface area (Å²) in [6.45, 7) is 9.45. The van der Waals surface area contributed by atoms with Gasteiger partial charge in [0.2, 0.25) is 15.9 Å². The van der Waals surface area contributed by atoms with E-state index < -0.39 is 10.0 Å². The number of sulfonamides is 1. The van der Waals surface area contributed by atoms with E-state index in [1.54, 1.807) is 22.6 Å². The largest absolute Gasteiger partial charge is 0.477 e. The fraction of sp³-hybridized carbons (Fsp3) is 0.609. The number of nitrogens with zero attached hydrogens (tertiary/aromatic N) is 2. The zero-order valence-corrected chi connectivity index (χ0v) is 19.3. The molecule has 0 radical (unpaired) electrons. The van der Waals surface area contributed by atoms with Crippen molar-refractivity contribution in [3.8, 4) is 5.88 Å². The van der Waals surface area contributed by atoms with Gasteiger partial charge in [0.15, 0.2) is 0 Å². The third-order valence-electron chi connectivity index (χ3n) is 5.94. The van der Waals surface area contributed by atoms with Crippen molar-refractivity contribution in [1.82, 2.24) is 14.6 Å². The number of fused-ring (bicyclic) bond motifs is 1. The van der Waals surface area contributed by atoms with Crippen LogP contribution in [0.1, 0.15) is 51.5 Å². The lowest BCUT2D eigenvalue weighted by Crippen LogP contribution is -2.34. The minimum absolute atomic E-state index is 0.352. The lowest BCUT2D eigenvalue weighted by atomic mass is 10.0. The normalized spacial score (nSPS) is 17.0. The van der Waals surface area contributed by atoms with Crippen LogP contribution in [-0.2, 0) is 10.0 Å². The van der Waals surface area contributed by atoms with Crippen molar-refractivity contribution in [2.75, 3.05) is 32.8 Å². The molecule has 1 aliphatic heterocycles. The van der Waals surface area contributed by atoms with Crippen LogP contribution in [0.4, 0.5) is 0 Å². The van der Waals surface area contributed by atoms with Crippen LogP contribution in [0.3, 0.4) is 0 Å². The highest BCUT2D eigenvalue weighted by atomic mass is 32.2. The summed E-state index contributed by atoms with van der Waals surface area (Å²) in [7, 11) is -3.59. The molecule has 1 N–H and O–H groups in total. The number of hydrogen-bond acceptors (Lipinski definition) is 5. The minimum atomic E-state index is -3.59. The highest BCUT2D eigenvalue weighted by molar-refractivity contribution is 7.89. The van der Waals surface area contributed by atoms with E-state index in [0.29, 0.717) is 42.9 Å². The number of rotatable bonds is 9. The molecule has 1 saturated heterocycles. The molecule has 0 spiro atoms. The number of ether oxygens (including phenoxy) is 1. The molecule has 0 bridgehead atoms. The van der Waals surface area contributed by atoms with Gasteiger partial charge >= 0.3 is 0 Å². The van der Waals surface area contributed by atoms with E-state index in [9.17, 15) is 8.42 Å². The average Bonchev–Trinajstić information content (AvgIpc) is 3.05. The summed E-state index contributed by atoms with van der Waals surface area (Å²) < 4.78 is 34.7. The van der Waals surface area contributed by atoms with E-state index in [0.717, 1.165) is 42.1 Å². The number of aryl methyl sites for hydroxylation is 1. The van der Waals surface area contributed by atoms with Crippen LogP contribution in [-0.4, -0.2) is 50.5 Å². The Labute approximate surface area is 181 Å². The summed E-state index contributed by atoms with van der Waals surface area (Å²) in [5, 5.41) is 4.77. The summed E-state index contributed by atoms with van der Waals surface area (Å²) in [6.07, 6.45) is 7.11. The number of benzene rings is 1. The molecule has 1 aromatic heterocycles. The first-order valence-corrected chi connectivity index (χ1v) is 12.6. The summed E-state index contributed by atoms with van der Waals surface area (Å²) in [4.78, 5) is 4.85. The fourth-order valence-corrected chi connectivity index (χ4v) is 5.79. The molecule has 30 heavy (non-hydrogen) atoms. The van der Waals surface area contributed by atoms with Crippen LogP contribution in [0.2, 0.25) is 0 Å². The number of unbranched alkanes of at least 4 members (excludes halogenated alkanes) is 1. The molecular weight excluding hydrogens is 398 g/mol. The SMILES string of the molecule is CCCCC(CC)COc1ncc(C)c2c(S(=O)(=O)N3CCCNCC3)cccc12. The Kier molecular flexibility index (Phi) is 8.08. The summed E-state index contributed by atoms with van der Waals surface area (Å²) in [5.74, 6) is 1.01. The molecule has 1 aromatic carbocycles. The predicted molar refractivity (Wildman–Crippen MR) is 122 cm³/mol. The van der Waals surface area contributed by atoms with Crippen LogP contribution in [0, 0.1) is 12.8 Å². The first-order valence-electron chi connectivity index (χ1n) is 11.2. The molecule has 166 valence electrons. The zero-order chi connectivity index (χ0) is 21.6. The third-order valence-corrected chi connectivity index (χ3v) is 7.88. The van der Waals surface area contributed by atoms with E-state index in [1.807, 2.05) is 13.0 Å². The topological polar surface area (TPSA) is 71.5 Å². The highest BCUT2D eigenvalue weighted by Crippen LogP contribution is 2.33. The van der Waals surface area contributed by atoms with Crippen molar-refractivity contribution in [2.45, 2.75) is 57.8 Å². The second-order valence-corrected chi connectivity index (χ2v) is 10.1. The maximum Gasteiger partial charge on any atom is 0.243 e. The molecule has 1 aliphatic rings. The van der Waals surface area contributed by atoms with E-state index >= 15 is 0 Å². The molecule has 0 aliphatic carbocycles. The minimum Gasteiger partial charge on any atom is -0.477 e. The van der Waals surface area contributed by atoms with Gasteiger partial charge in [0.1, 0.15) is 0 Å². The number of aromatic nitrogens is 1. The summed E-state index contributed by atoms with van der Waals surface area (Å²) >= 11 is 0. The van der Waals surface area contributed by atoms with Crippen molar-refractivity contribution < 1.29 is 13.2 Å². The summed E-state index contributed by atoms with van der Waals surface area (Å²) in [5.41, 5.74) is 0.850. The number of pyridine rings is 1. The average molecular weight is 434 g/mol. The Hall–Kier alpha value is -1.70. The molecule has 3 rings (SSSR count). The molecule has 1 unspecified atom stereocenters. The van der Waals surface area contributed by atoms with Gasteiger partial charge < -0.3 is 10.1 Å². The molecule has 0 saturated carbocycles.